The molecule has 0 saturated heterocycles. The fourth-order valence-corrected chi connectivity index (χ4v) is 1.82. The van der Waals surface area contributed by atoms with E-state index in [9.17, 15) is 4.79 Å². The number of carbonyl (C=O) groups excluding carboxylic acids is 1. The number of nitrogens with one attached hydrogen (secondary N) is 1. The van der Waals surface area contributed by atoms with Gasteiger partial charge < -0.3 is 5.32 Å². The standard InChI is InChI=1S/C13H27NO/c1-9(2)7-12(10(3)4)8-13(15)14-11(5)6/h9-12H,7-8H2,1-6H3,(H,14,15)/t12-/m1/s1. The molecule has 0 aliphatic heterocycles. The van der Waals surface area contributed by atoms with Crippen molar-refractivity contribution in [3.63, 3.8) is 0 Å². The molecule has 0 aliphatic rings. The lowest BCUT2D eigenvalue weighted by atomic mass is 9.85. The lowest BCUT2D eigenvalue weighted by molar-refractivity contribution is -0.123. The highest BCUT2D eigenvalue weighted by Crippen LogP contribution is 2.23. The van der Waals surface area contributed by atoms with Crippen molar-refractivity contribution >= 4 is 5.91 Å². The average molecular weight is 213 g/mol. The molecule has 0 aromatic carbocycles. The summed E-state index contributed by atoms with van der Waals surface area (Å²) in [5.74, 6) is 1.97. The largest absolute Gasteiger partial charge is 0.354 e. The van der Waals surface area contributed by atoms with Gasteiger partial charge in [0.2, 0.25) is 5.91 Å². The molecule has 0 saturated carbocycles. The van der Waals surface area contributed by atoms with Crippen LogP contribution in [0.25, 0.3) is 0 Å². The molecular weight excluding hydrogens is 186 g/mol. The summed E-state index contributed by atoms with van der Waals surface area (Å²) in [6.07, 6.45) is 1.82. The van der Waals surface area contributed by atoms with Crippen LogP contribution < -0.4 is 5.32 Å². The van der Waals surface area contributed by atoms with E-state index in [4.69, 9.17) is 0 Å². The van der Waals surface area contributed by atoms with E-state index in [1.807, 2.05) is 13.8 Å². The Morgan fingerprint density at radius 3 is 1.93 bits per heavy atom. The first-order valence-electron chi connectivity index (χ1n) is 6.12. The van der Waals surface area contributed by atoms with Gasteiger partial charge in [-0.3, -0.25) is 4.79 Å². The van der Waals surface area contributed by atoms with Gasteiger partial charge in [0.05, 0.1) is 0 Å². The van der Waals surface area contributed by atoms with Gasteiger partial charge in [-0.1, -0.05) is 27.7 Å². The summed E-state index contributed by atoms with van der Waals surface area (Å²) in [6.45, 7) is 12.9. The van der Waals surface area contributed by atoms with Gasteiger partial charge in [0.1, 0.15) is 0 Å². The van der Waals surface area contributed by atoms with Gasteiger partial charge in [0.25, 0.3) is 0 Å². The molecule has 0 unspecified atom stereocenters. The lowest BCUT2D eigenvalue weighted by Gasteiger charge is -2.22. The molecule has 0 rings (SSSR count). The van der Waals surface area contributed by atoms with Gasteiger partial charge >= 0.3 is 0 Å². The maximum Gasteiger partial charge on any atom is 0.220 e. The zero-order valence-electron chi connectivity index (χ0n) is 11.1. The van der Waals surface area contributed by atoms with Gasteiger partial charge in [0.15, 0.2) is 0 Å². The summed E-state index contributed by atoms with van der Waals surface area (Å²) >= 11 is 0. The van der Waals surface area contributed by atoms with Crippen molar-refractivity contribution in [2.24, 2.45) is 17.8 Å². The van der Waals surface area contributed by atoms with Crippen LogP contribution in [0.1, 0.15) is 54.4 Å². The molecule has 2 nitrogen and oxygen atoms in total. The van der Waals surface area contributed by atoms with Crippen LogP contribution in [0.4, 0.5) is 0 Å². The molecule has 1 N–H and O–H groups in total. The van der Waals surface area contributed by atoms with Crippen molar-refractivity contribution in [1.82, 2.24) is 5.32 Å². The first-order chi connectivity index (χ1) is 6.82. The third-order valence-electron chi connectivity index (χ3n) is 2.61. The van der Waals surface area contributed by atoms with Crippen molar-refractivity contribution in [3.05, 3.63) is 0 Å². The predicted octanol–water partition coefficient (Wildman–Crippen LogP) is 3.22. The summed E-state index contributed by atoms with van der Waals surface area (Å²) in [4.78, 5) is 11.6. The summed E-state index contributed by atoms with van der Waals surface area (Å²) < 4.78 is 0. The van der Waals surface area contributed by atoms with E-state index in [0.29, 0.717) is 24.2 Å². The number of hydrogen-bond acceptors (Lipinski definition) is 1. The van der Waals surface area contributed by atoms with Gasteiger partial charge in [-0.2, -0.15) is 0 Å². The third kappa shape index (κ3) is 7.40. The quantitative estimate of drug-likeness (QED) is 0.721. The molecule has 1 atom stereocenters. The van der Waals surface area contributed by atoms with Gasteiger partial charge in [-0.05, 0) is 38.0 Å². The Morgan fingerprint density at radius 1 is 1.07 bits per heavy atom. The van der Waals surface area contributed by atoms with E-state index in [2.05, 4.69) is 33.0 Å². The molecule has 0 bridgehead atoms. The van der Waals surface area contributed by atoms with Crippen LogP contribution in [0.3, 0.4) is 0 Å². The second-order valence-electron chi connectivity index (χ2n) is 5.56. The smallest absolute Gasteiger partial charge is 0.220 e. The van der Waals surface area contributed by atoms with E-state index in [1.165, 1.54) is 0 Å². The second kappa shape index (κ2) is 6.86. The van der Waals surface area contributed by atoms with E-state index in [0.717, 1.165) is 6.42 Å². The molecule has 2 heteroatoms. The second-order valence-corrected chi connectivity index (χ2v) is 5.56. The maximum atomic E-state index is 11.6. The first kappa shape index (κ1) is 14.5. The fourth-order valence-electron chi connectivity index (χ4n) is 1.82. The normalized spacial score (nSPS) is 13.7. The number of hydrogen-bond donors (Lipinski definition) is 1. The average Bonchev–Trinajstić information content (AvgIpc) is 1.99. The molecule has 0 spiro atoms. The number of rotatable bonds is 6. The van der Waals surface area contributed by atoms with Crippen LogP contribution in [-0.4, -0.2) is 11.9 Å². The van der Waals surface area contributed by atoms with Crippen LogP contribution in [-0.2, 0) is 4.79 Å². The zero-order valence-corrected chi connectivity index (χ0v) is 11.1. The first-order valence-corrected chi connectivity index (χ1v) is 6.12. The van der Waals surface area contributed by atoms with Crippen LogP contribution in [0.5, 0.6) is 0 Å². The summed E-state index contributed by atoms with van der Waals surface area (Å²) in [5.41, 5.74) is 0. The monoisotopic (exact) mass is 213 g/mol. The van der Waals surface area contributed by atoms with Crippen molar-refractivity contribution in [2.75, 3.05) is 0 Å². The van der Waals surface area contributed by atoms with E-state index >= 15 is 0 Å². The molecule has 0 fully saturated rings. The minimum atomic E-state index is 0.198. The molecule has 0 radical (unpaired) electrons. The van der Waals surface area contributed by atoms with Crippen molar-refractivity contribution in [3.8, 4) is 0 Å². The SMILES string of the molecule is CC(C)C[C@H](CC(=O)NC(C)C)C(C)C. The van der Waals surface area contributed by atoms with Gasteiger partial charge in [-0.15, -0.1) is 0 Å². The van der Waals surface area contributed by atoms with Crippen LogP contribution in [0, 0.1) is 17.8 Å². The maximum absolute atomic E-state index is 11.6. The van der Waals surface area contributed by atoms with E-state index in [-0.39, 0.29) is 11.9 Å². The number of carbonyl (C=O) groups is 1. The molecule has 0 aromatic heterocycles. The zero-order chi connectivity index (χ0) is 12.0. The van der Waals surface area contributed by atoms with Gasteiger partial charge in [-0.25, -0.2) is 0 Å². The number of amides is 1. The Balaban J connectivity index is 4.10. The molecule has 0 aromatic rings. The molecule has 90 valence electrons. The van der Waals surface area contributed by atoms with E-state index in [1.54, 1.807) is 0 Å². The van der Waals surface area contributed by atoms with E-state index < -0.39 is 0 Å². The highest BCUT2D eigenvalue weighted by Gasteiger charge is 2.18. The van der Waals surface area contributed by atoms with Gasteiger partial charge in [0, 0.05) is 12.5 Å². The van der Waals surface area contributed by atoms with Crippen LogP contribution in [0.2, 0.25) is 0 Å². The fraction of sp³-hybridized carbons (Fsp3) is 0.923. The summed E-state index contributed by atoms with van der Waals surface area (Å²) in [7, 11) is 0. The predicted molar refractivity (Wildman–Crippen MR) is 65.7 cm³/mol. The van der Waals surface area contributed by atoms with Crippen molar-refractivity contribution < 1.29 is 4.79 Å². The molecule has 1 amide bonds. The Hall–Kier alpha value is -0.530. The minimum Gasteiger partial charge on any atom is -0.354 e. The molecule has 0 heterocycles. The van der Waals surface area contributed by atoms with Crippen molar-refractivity contribution in [1.29, 1.82) is 0 Å². The lowest BCUT2D eigenvalue weighted by Crippen LogP contribution is -2.32. The highest BCUT2D eigenvalue weighted by atomic mass is 16.1. The Labute approximate surface area is 94.8 Å². The Morgan fingerprint density at radius 2 is 1.60 bits per heavy atom. The molecule has 0 aliphatic carbocycles. The Bertz CT molecular complexity index is 185. The highest BCUT2D eigenvalue weighted by molar-refractivity contribution is 5.76. The summed E-state index contributed by atoms with van der Waals surface area (Å²) in [5, 5.41) is 2.96. The minimum absolute atomic E-state index is 0.198. The topological polar surface area (TPSA) is 29.1 Å². The van der Waals surface area contributed by atoms with Crippen LogP contribution in [0.15, 0.2) is 0 Å². The summed E-state index contributed by atoms with van der Waals surface area (Å²) in [6, 6.07) is 0.254. The molecule has 15 heavy (non-hydrogen) atoms. The van der Waals surface area contributed by atoms with Crippen molar-refractivity contribution in [2.45, 2.75) is 60.4 Å². The Kier molecular flexibility index (Phi) is 6.62. The molecular formula is C13H27NO. The van der Waals surface area contributed by atoms with Crippen LogP contribution >= 0.6 is 0 Å². The third-order valence-corrected chi connectivity index (χ3v) is 2.61.